The van der Waals surface area contributed by atoms with Gasteiger partial charge in [-0.2, -0.15) is 0 Å². The van der Waals surface area contributed by atoms with E-state index in [4.69, 9.17) is 5.73 Å². The summed E-state index contributed by atoms with van der Waals surface area (Å²) in [5, 5.41) is -0.141. The van der Waals surface area contributed by atoms with Crippen molar-refractivity contribution < 1.29 is 8.42 Å². The lowest BCUT2D eigenvalue weighted by Crippen LogP contribution is -2.25. The maximum absolute atomic E-state index is 12.2. The lowest BCUT2D eigenvalue weighted by Gasteiger charge is -2.21. The van der Waals surface area contributed by atoms with Gasteiger partial charge < -0.3 is 5.73 Å². The number of anilines is 1. The average molecular weight is 253 g/mol. The van der Waals surface area contributed by atoms with E-state index in [0.717, 1.165) is 31.2 Å². The fourth-order valence-corrected chi connectivity index (χ4v) is 4.39. The van der Waals surface area contributed by atoms with Crippen LogP contribution >= 0.6 is 0 Å². The largest absolute Gasteiger partial charge is 0.399 e. The predicted octanol–water partition coefficient (Wildman–Crippen LogP) is 2.52. The molecule has 1 aliphatic carbocycles. The van der Waals surface area contributed by atoms with Crippen LogP contribution in [0.2, 0.25) is 0 Å². The lowest BCUT2D eigenvalue weighted by atomic mass is 10.0. The van der Waals surface area contributed by atoms with Crippen molar-refractivity contribution in [3.05, 3.63) is 29.8 Å². The van der Waals surface area contributed by atoms with E-state index in [-0.39, 0.29) is 11.0 Å². The number of hydrogen-bond acceptors (Lipinski definition) is 3. The fraction of sp³-hybridized carbons (Fsp3) is 0.538. The van der Waals surface area contributed by atoms with Gasteiger partial charge in [0, 0.05) is 5.69 Å². The summed E-state index contributed by atoms with van der Waals surface area (Å²) in [5.74, 6) is 0.128. The SMILES string of the molecule is Nc1cccc(CS(=O)(=O)C2CCCCC2)c1. The molecule has 0 atom stereocenters. The molecular weight excluding hydrogens is 234 g/mol. The third-order valence-electron chi connectivity index (χ3n) is 3.38. The highest BCUT2D eigenvalue weighted by atomic mass is 32.2. The summed E-state index contributed by atoms with van der Waals surface area (Å²) >= 11 is 0. The highest BCUT2D eigenvalue weighted by molar-refractivity contribution is 7.91. The number of benzene rings is 1. The first-order valence-corrected chi connectivity index (χ1v) is 7.85. The van der Waals surface area contributed by atoms with Gasteiger partial charge in [-0.1, -0.05) is 31.4 Å². The molecule has 0 aliphatic heterocycles. The van der Waals surface area contributed by atoms with Crippen LogP contribution in [0.4, 0.5) is 5.69 Å². The summed E-state index contributed by atoms with van der Waals surface area (Å²) in [4.78, 5) is 0. The molecule has 2 N–H and O–H groups in total. The molecule has 2 rings (SSSR count). The number of hydrogen-bond donors (Lipinski definition) is 1. The Morgan fingerprint density at radius 3 is 2.53 bits per heavy atom. The number of rotatable bonds is 3. The number of nitrogen functional groups attached to an aromatic ring is 1. The molecule has 3 nitrogen and oxygen atoms in total. The molecule has 94 valence electrons. The molecule has 0 unspecified atom stereocenters. The summed E-state index contributed by atoms with van der Waals surface area (Å²) in [6.45, 7) is 0. The van der Waals surface area contributed by atoms with Crippen LogP contribution in [0.25, 0.3) is 0 Å². The number of sulfone groups is 1. The Hall–Kier alpha value is -1.03. The molecule has 0 saturated heterocycles. The van der Waals surface area contributed by atoms with Gasteiger partial charge in [-0.15, -0.1) is 0 Å². The third-order valence-corrected chi connectivity index (χ3v) is 5.60. The first kappa shape index (κ1) is 12.4. The van der Waals surface area contributed by atoms with Gasteiger partial charge in [0.1, 0.15) is 0 Å². The van der Waals surface area contributed by atoms with Crippen LogP contribution in [0.15, 0.2) is 24.3 Å². The van der Waals surface area contributed by atoms with Crippen LogP contribution in [-0.4, -0.2) is 13.7 Å². The van der Waals surface area contributed by atoms with Crippen molar-refractivity contribution in [2.24, 2.45) is 0 Å². The molecule has 17 heavy (non-hydrogen) atoms. The molecule has 0 amide bonds. The molecule has 1 aliphatic rings. The van der Waals surface area contributed by atoms with Gasteiger partial charge in [0.15, 0.2) is 9.84 Å². The van der Waals surface area contributed by atoms with Crippen LogP contribution in [0.1, 0.15) is 37.7 Å². The van der Waals surface area contributed by atoms with Gasteiger partial charge in [-0.05, 0) is 30.5 Å². The van der Waals surface area contributed by atoms with E-state index in [1.807, 2.05) is 6.07 Å². The maximum Gasteiger partial charge on any atom is 0.157 e. The summed E-state index contributed by atoms with van der Waals surface area (Å²) in [5.41, 5.74) is 7.09. The van der Waals surface area contributed by atoms with Crippen molar-refractivity contribution in [2.45, 2.75) is 43.1 Å². The van der Waals surface area contributed by atoms with E-state index in [2.05, 4.69) is 0 Å². The van der Waals surface area contributed by atoms with Crippen LogP contribution in [-0.2, 0) is 15.6 Å². The zero-order valence-electron chi connectivity index (χ0n) is 9.93. The third kappa shape index (κ3) is 3.22. The first-order chi connectivity index (χ1) is 8.08. The molecule has 0 radical (unpaired) electrons. The second kappa shape index (κ2) is 5.08. The maximum atomic E-state index is 12.2. The Kier molecular flexibility index (Phi) is 3.72. The molecule has 0 spiro atoms. The molecule has 1 fully saturated rings. The van der Waals surface area contributed by atoms with Crippen LogP contribution in [0, 0.1) is 0 Å². The van der Waals surface area contributed by atoms with Crippen molar-refractivity contribution in [2.75, 3.05) is 5.73 Å². The van der Waals surface area contributed by atoms with E-state index in [9.17, 15) is 8.42 Å². The molecular formula is C13H19NO2S. The quantitative estimate of drug-likeness (QED) is 0.842. The summed E-state index contributed by atoms with van der Waals surface area (Å²) in [7, 11) is -3.01. The summed E-state index contributed by atoms with van der Waals surface area (Å²) in [6.07, 6.45) is 4.90. The molecule has 1 aromatic rings. The van der Waals surface area contributed by atoms with Gasteiger partial charge in [-0.3, -0.25) is 0 Å². The zero-order valence-corrected chi connectivity index (χ0v) is 10.7. The second-order valence-electron chi connectivity index (χ2n) is 4.81. The van der Waals surface area contributed by atoms with Crippen molar-refractivity contribution in [3.8, 4) is 0 Å². The molecule has 1 saturated carbocycles. The zero-order chi connectivity index (χ0) is 12.3. The van der Waals surface area contributed by atoms with E-state index >= 15 is 0 Å². The Morgan fingerprint density at radius 1 is 1.18 bits per heavy atom. The topological polar surface area (TPSA) is 60.2 Å². The molecule has 0 heterocycles. The highest BCUT2D eigenvalue weighted by Gasteiger charge is 2.27. The van der Waals surface area contributed by atoms with Gasteiger partial charge in [0.05, 0.1) is 11.0 Å². The molecule has 4 heteroatoms. The Bertz CT molecular complexity index is 476. The van der Waals surface area contributed by atoms with Crippen molar-refractivity contribution in [1.82, 2.24) is 0 Å². The minimum atomic E-state index is -3.01. The fourth-order valence-electron chi connectivity index (χ4n) is 2.46. The van der Waals surface area contributed by atoms with Gasteiger partial charge in [0.25, 0.3) is 0 Å². The molecule has 1 aromatic carbocycles. The average Bonchev–Trinajstić information content (AvgIpc) is 2.29. The van der Waals surface area contributed by atoms with E-state index in [0.29, 0.717) is 5.69 Å². The highest BCUT2D eigenvalue weighted by Crippen LogP contribution is 2.26. The Balaban J connectivity index is 2.11. The molecule has 0 bridgehead atoms. The summed E-state index contributed by atoms with van der Waals surface area (Å²) in [6, 6.07) is 7.16. The number of nitrogens with two attached hydrogens (primary N) is 1. The smallest absolute Gasteiger partial charge is 0.157 e. The van der Waals surface area contributed by atoms with E-state index in [1.54, 1.807) is 18.2 Å². The van der Waals surface area contributed by atoms with Crippen molar-refractivity contribution >= 4 is 15.5 Å². The lowest BCUT2D eigenvalue weighted by molar-refractivity contribution is 0.483. The monoisotopic (exact) mass is 253 g/mol. The minimum absolute atomic E-state index is 0.128. The minimum Gasteiger partial charge on any atom is -0.399 e. The van der Waals surface area contributed by atoms with Crippen molar-refractivity contribution in [1.29, 1.82) is 0 Å². The van der Waals surface area contributed by atoms with Crippen LogP contribution in [0.5, 0.6) is 0 Å². The standard InChI is InChI=1S/C13H19NO2S/c14-12-6-4-5-11(9-12)10-17(15,16)13-7-2-1-3-8-13/h4-6,9,13H,1-3,7-8,10,14H2. The van der Waals surface area contributed by atoms with Crippen LogP contribution < -0.4 is 5.73 Å². The van der Waals surface area contributed by atoms with Crippen molar-refractivity contribution in [3.63, 3.8) is 0 Å². The Labute approximate surface area is 103 Å². The predicted molar refractivity (Wildman–Crippen MR) is 70.4 cm³/mol. The van der Waals surface area contributed by atoms with Crippen LogP contribution in [0.3, 0.4) is 0 Å². The normalized spacial score (nSPS) is 18.1. The first-order valence-electron chi connectivity index (χ1n) is 6.14. The summed E-state index contributed by atoms with van der Waals surface area (Å²) < 4.78 is 24.5. The van der Waals surface area contributed by atoms with Gasteiger partial charge in [-0.25, -0.2) is 8.42 Å². The molecule has 0 aromatic heterocycles. The van der Waals surface area contributed by atoms with Gasteiger partial charge in [0.2, 0.25) is 0 Å². The van der Waals surface area contributed by atoms with Gasteiger partial charge >= 0.3 is 0 Å². The Morgan fingerprint density at radius 2 is 1.88 bits per heavy atom. The second-order valence-corrected chi connectivity index (χ2v) is 7.09. The van der Waals surface area contributed by atoms with E-state index in [1.165, 1.54) is 6.42 Å². The van der Waals surface area contributed by atoms with E-state index < -0.39 is 9.84 Å².